The van der Waals surface area contributed by atoms with Crippen molar-refractivity contribution in [2.75, 3.05) is 5.32 Å². The number of rotatable bonds is 6. The maximum Gasteiger partial charge on any atom is 0.266 e. The van der Waals surface area contributed by atoms with E-state index in [0.717, 1.165) is 9.13 Å². The number of carbonyl (C=O) groups is 1. The normalized spacial score (nSPS) is 11.1. The van der Waals surface area contributed by atoms with Gasteiger partial charge in [-0.2, -0.15) is 5.26 Å². The summed E-state index contributed by atoms with van der Waals surface area (Å²) in [7, 11) is 0. The fraction of sp³-hybridized carbons (Fsp3) is 0.0435. The van der Waals surface area contributed by atoms with Gasteiger partial charge in [-0.05, 0) is 92.1 Å². The summed E-state index contributed by atoms with van der Waals surface area (Å²) < 4.78 is 20.3. The van der Waals surface area contributed by atoms with Gasteiger partial charge in [0.2, 0.25) is 0 Å². The SMILES string of the molecule is N#C/C(=C/c1cc(Br)c(OCc2ccc(F)cc2)c(I)c1)C(=O)Nc1cccc(Cl)c1Cl. The average Bonchev–Trinajstić information content (AvgIpc) is 2.76. The lowest BCUT2D eigenvalue weighted by molar-refractivity contribution is -0.112. The highest BCUT2D eigenvalue weighted by molar-refractivity contribution is 14.1. The van der Waals surface area contributed by atoms with Gasteiger partial charge in [-0.15, -0.1) is 0 Å². The summed E-state index contributed by atoms with van der Waals surface area (Å²) in [5, 5.41) is 12.6. The van der Waals surface area contributed by atoms with Crippen molar-refractivity contribution < 1.29 is 13.9 Å². The van der Waals surface area contributed by atoms with Gasteiger partial charge in [0.15, 0.2) is 0 Å². The summed E-state index contributed by atoms with van der Waals surface area (Å²) in [5.74, 6) is -0.323. The third-order valence-electron chi connectivity index (χ3n) is 4.19. The molecule has 0 unspecified atom stereocenters. The second-order valence-corrected chi connectivity index (χ2v) is 9.26. The third-order valence-corrected chi connectivity index (χ3v) is 6.40. The van der Waals surface area contributed by atoms with Gasteiger partial charge in [-0.1, -0.05) is 41.4 Å². The molecule has 0 aliphatic rings. The number of amides is 1. The summed E-state index contributed by atoms with van der Waals surface area (Å²) >= 11 is 17.6. The highest BCUT2D eigenvalue weighted by Crippen LogP contribution is 2.34. The number of nitrogens with zero attached hydrogens (tertiary/aromatic N) is 1. The molecule has 162 valence electrons. The molecule has 0 heterocycles. The van der Waals surface area contributed by atoms with E-state index in [1.165, 1.54) is 18.2 Å². The van der Waals surface area contributed by atoms with Gasteiger partial charge in [0, 0.05) is 0 Å². The molecule has 0 saturated heterocycles. The summed E-state index contributed by atoms with van der Waals surface area (Å²) in [4.78, 5) is 12.6. The van der Waals surface area contributed by atoms with Crippen molar-refractivity contribution in [2.45, 2.75) is 6.61 Å². The van der Waals surface area contributed by atoms with Crippen molar-refractivity contribution in [3.63, 3.8) is 0 Å². The van der Waals surface area contributed by atoms with E-state index < -0.39 is 5.91 Å². The molecular weight excluding hydrogens is 633 g/mol. The number of halogens is 5. The number of hydrogen-bond acceptors (Lipinski definition) is 3. The molecule has 0 radical (unpaired) electrons. The maximum atomic E-state index is 13.1. The number of ether oxygens (including phenoxy) is 1. The lowest BCUT2D eigenvalue weighted by atomic mass is 10.1. The zero-order valence-electron chi connectivity index (χ0n) is 16.1. The molecule has 0 spiro atoms. The van der Waals surface area contributed by atoms with Gasteiger partial charge in [0.1, 0.15) is 29.8 Å². The first-order chi connectivity index (χ1) is 15.3. The van der Waals surface area contributed by atoms with Crippen molar-refractivity contribution in [3.8, 4) is 11.8 Å². The molecule has 0 atom stereocenters. The molecule has 32 heavy (non-hydrogen) atoms. The first kappa shape index (κ1) is 24.5. The Bertz CT molecular complexity index is 1220. The van der Waals surface area contributed by atoms with Crippen molar-refractivity contribution in [3.05, 3.63) is 95.2 Å². The number of nitriles is 1. The first-order valence-corrected chi connectivity index (χ1v) is 11.6. The van der Waals surface area contributed by atoms with Crippen LogP contribution in [0.25, 0.3) is 6.08 Å². The Morgan fingerprint density at radius 1 is 1.22 bits per heavy atom. The van der Waals surface area contributed by atoms with Crippen LogP contribution in [0.2, 0.25) is 10.0 Å². The highest BCUT2D eigenvalue weighted by Gasteiger charge is 2.14. The smallest absolute Gasteiger partial charge is 0.266 e. The lowest BCUT2D eigenvalue weighted by Gasteiger charge is -2.12. The number of anilines is 1. The van der Waals surface area contributed by atoms with E-state index >= 15 is 0 Å². The Kier molecular flexibility index (Phi) is 8.54. The Morgan fingerprint density at radius 2 is 1.94 bits per heavy atom. The molecular formula is C23H13BrCl2FIN2O2. The summed E-state index contributed by atoms with van der Waals surface area (Å²) in [6, 6.07) is 16.3. The van der Waals surface area contributed by atoms with E-state index in [0.29, 0.717) is 26.5 Å². The van der Waals surface area contributed by atoms with E-state index in [-0.39, 0.29) is 23.0 Å². The molecule has 1 amide bonds. The molecule has 0 aliphatic carbocycles. The van der Waals surface area contributed by atoms with E-state index in [9.17, 15) is 14.4 Å². The van der Waals surface area contributed by atoms with Crippen LogP contribution in [0.15, 0.2) is 64.6 Å². The van der Waals surface area contributed by atoms with E-state index in [2.05, 4.69) is 43.8 Å². The van der Waals surface area contributed by atoms with Crippen molar-refractivity contribution in [1.82, 2.24) is 0 Å². The molecule has 1 N–H and O–H groups in total. The molecule has 0 aliphatic heterocycles. The summed E-state index contributed by atoms with van der Waals surface area (Å²) in [5.41, 5.74) is 1.65. The van der Waals surface area contributed by atoms with Crippen LogP contribution in [0, 0.1) is 20.7 Å². The molecule has 0 fully saturated rings. The molecule has 0 bridgehead atoms. The monoisotopic (exact) mass is 644 g/mol. The average molecular weight is 646 g/mol. The van der Waals surface area contributed by atoms with Crippen LogP contribution in [0.5, 0.6) is 5.75 Å². The van der Waals surface area contributed by atoms with Crippen molar-refractivity contribution in [1.29, 1.82) is 5.26 Å². The zero-order valence-corrected chi connectivity index (χ0v) is 21.4. The standard InChI is InChI=1S/C23H13BrCl2FIN2O2/c24-17-9-14(10-19(28)22(17)32-12-13-4-6-16(27)7-5-13)8-15(11-29)23(31)30-20-3-1-2-18(25)21(20)26/h1-10H,12H2,(H,30,31)/b15-8-. The fourth-order valence-electron chi connectivity index (χ4n) is 2.64. The van der Waals surface area contributed by atoms with Gasteiger partial charge in [-0.3, -0.25) is 4.79 Å². The maximum absolute atomic E-state index is 13.1. The van der Waals surface area contributed by atoms with Gasteiger partial charge >= 0.3 is 0 Å². The minimum atomic E-state index is -0.612. The molecule has 0 saturated carbocycles. The van der Waals surface area contributed by atoms with Gasteiger partial charge in [-0.25, -0.2) is 4.39 Å². The molecule has 4 nitrogen and oxygen atoms in total. The molecule has 9 heteroatoms. The van der Waals surface area contributed by atoms with Gasteiger partial charge in [0.05, 0.1) is 23.8 Å². The quantitative estimate of drug-likeness (QED) is 0.170. The second kappa shape index (κ2) is 11.1. The van der Waals surface area contributed by atoms with Crippen molar-refractivity contribution in [2.24, 2.45) is 0 Å². The Morgan fingerprint density at radius 3 is 2.59 bits per heavy atom. The molecule has 3 aromatic carbocycles. The fourth-order valence-corrected chi connectivity index (χ4v) is 4.76. The van der Waals surface area contributed by atoms with Crippen LogP contribution in [-0.4, -0.2) is 5.91 Å². The number of hydrogen-bond donors (Lipinski definition) is 1. The molecule has 3 rings (SSSR count). The predicted octanol–water partition coefficient (Wildman–Crippen LogP) is 7.62. The highest BCUT2D eigenvalue weighted by atomic mass is 127. The van der Waals surface area contributed by atoms with E-state index in [1.54, 1.807) is 42.5 Å². The van der Waals surface area contributed by atoms with Crippen LogP contribution in [-0.2, 0) is 11.4 Å². The van der Waals surface area contributed by atoms with Crippen molar-refractivity contribution >= 4 is 79.4 Å². The van der Waals surface area contributed by atoms with Crippen LogP contribution in [0.4, 0.5) is 10.1 Å². The largest absolute Gasteiger partial charge is 0.487 e. The third kappa shape index (κ3) is 6.23. The summed E-state index contributed by atoms with van der Waals surface area (Å²) in [6.45, 7) is 0.260. The van der Waals surface area contributed by atoms with Crippen LogP contribution >= 0.6 is 61.7 Å². The van der Waals surface area contributed by atoms with Gasteiger partial charge < -0.3 is 10.1 Å². The summed E-state index contributed by atoms with van der Waals surface area (Å²) in [6.07, 6.45) is 1.46. The molecule has 3 aromatic rings. The van der Waals surface area contributed by atoms with Gasteiger partial charge in [0.25, 0.3) is 5.91 Å². The van der Waals surface area contributed by atoms with Crippen LogP contribution < -0.4 is 10.1 Å². The van der Waals surface area contributed by atoms with E-state index in [1.807, 2.05) is 6.07 Å². The Hall–Kier alpha value is -2.12. The van der Waals surface area contributed by atoms with Crippen LogP contribution in [0.1, 0.15) is 11.1 Å². The topological polar surface area (TPSA) is 62.1 Å². The van der Waals surface area contributed by atoms with E-state index in [4.69, 9.17) is 27.9 Å². The number of carbonyl (C=O) groups excluding carboxylic acids is 1. The number of benzene rings is 3. The predicted molar refractivity (Wildman–Crippen MR) is 136 cm³/mol. The second-order valence-electron chi connectivity index (χ2n) is 6.45. The zero-order chi connectivity index (χ0) is 23.3. The molecule has 0 aromatic heterocycles. The Balaban J connectivity index is 1.78. The lowest BCUT2D eigenvalue weighted by Crippen LogP contribution is -2.13. The van der Waals surface area contributed by atoms with Crippen LogP contribution in [0.3, 0.4) is 0 Å². The minimum absolute atomic E-state index is 0.108. The number of nitrogens with one attached hydrogen (secondary N) is 1. The minimum Gasteiger partial charge on any atom is -0.487 e. The Labute approximate surface area is 216 Å². The first-order valence-electron chi connectivity index (χ1n) is 9.02.